The lowest BCUT2D eigenvalue weighted by Crippen LogP contribution is -2.44. The van der Waals surface area contributed by atoms with Crippen molar-refractivity contribution in [2.75, 3.05) is 13.1 Å². The largest absolute Gasteiger partial charge is 0.465 e. The first-order chi connectivity index (χ1) is 14.4. The molecule has 0 spiro atoms. The summed E-state index contributed by atoms with van der Waals surface area (Å²) in [5.41, 5.74) is 1.91. The first-order valence-corrected chi connectivity index (χ1v) is 11.4. The Morgan fingerprint density at radius 2 is 1.80 bits per heavy atom. The third-order valence-electron chi connectivity index (χ3n) is 7.37. The average Bonchev–Trinajstić information content (AvgIpc) is 3.09. The molecular weight excluding hydrogens is 381 g/mol. The van der Waals surface area contributed by atoms with Gasteiger partial charge in [-0.1, -0.05) is 13.8 Å². The summed E-state index contributed by atoms with van der Waals surface area (Å²) in [6, 6.07) is 7.82. The highest BCUT2D eigenvalue weighted by Gasteiger charge is 2.31. The number of fused-ring (bicyclic) bond motifs is 1. The normalized spacial score (nSPS) is 23.9. The number of carbonyl (C=O) groups is 1. The Hall–Kier alpha value is -2.08. The van der Waals surface area contributed by atoms with Crippen LogP contribution in [0.5, 0.6) is 0 Å². The van der Waals surface area contributed by atoms with Crippen LogP contribution in [0.1, 0.15) is 64.1 Å². The first kappa shape index (κ1) is 21.2. The van der Waals surface area contributed by atoms with Gasteiger partial charge in [-0.3, -0.25) is 0 Å². The summed E-state index contributed by atoms with van der Waals surface area (Å²) >= 11 is 0. The SMILES string of the molecule is CC(C)C1CCC(N2CCC(n3c(CNC(=O)O)cc4cc(F)ccc43)CC2)CC1. The molecule has 2 heterocycles. The third kappa shape index (κ3) is 4.48. The van der Waals surface area contributed by atoms with Crippen molar-refractivity contribution in [1.82, 2.24) is 14.8 Å². The molecule has 0 unspecified atom stereocenters. The lowest BCUT2D eigenvalue weighted by Gasteiger charge is -2.42. The molecule has 5 nitrogen and oxygen atoms in total. The van der Waals surface area contributed by atoms with E-state index in [9.17, 15) is 9.18 Å². The fourth-order valence-electron chi connectivity index (χ4n) is 5.64. The second-order valence-electron chi connectivity index (χ2n) is 9.45. The van der Waals surface area contributed by atoms with Gasteiger partial charge >= 0.3 is 6.09 Å². The molecule has 1 aromatic heterocycles. The second-order valence-corrected chi connectivity index (χ2v) is 9.45. The van der Waals surface area contributed by atoms with Crippen LogP contribution in [-0.4, -0.2) is 39.8 Å². The van der Waals surface area contributed by atoms with Gasteiger partial charge in [-0.2, -0.15) is 0 Å². The number of benzene rings is 1. The Balaban J connectivity index is 1.46. The molecular formula is C24H34FN3O2. The molecule has 2 aliphatic rings. The maximum absolute atomic E-state index is 13.7. The summed E-state index contributed by atoms with van der Waals surface area (Å²) in [5.74, 6) is 1.42. The highest BCUT2D eigenvalue weighted by molar-refractivity contribution is 5.81. The number of halogens is 1. The third-order valence-corrected chi connectivity index (χ3v) is 7.37. The van der Waals surface area contributed by atoms with Crippen molar-refractivity contribution in [3.05, 3.63) is 35.8 Å². The number of piperidine rings is 1. The van der Waals surface area contributed by atoms with Crippen molar-refractivity contribution >= 4 is 17.0 Å². The van der Waals surface area contributed by atoms with Crippen molar-refractivity contribution in [3.8, 4) is 0 Å². The van der Waals surface area contributed by atoms with Gasteiger partial charge in [0.25, 0.3) is 0 Å². The van der Waals surface area contributed by atoms with Gasteiger partial charge in [0.2, 0.25) is 0 Å². The van der Waals surface area contributed by atoms with E-state index >= 15 is 0 Å². The number of nitrogens with one attached hydrogen (secondary N) is 1. The summed E-state index contributed by atoms with van der Waals surface area (Å²) in [6.07, 6.45) is 6.38. The number of hydrogen-bond acceptors (Lipinski definition) is 2. The van der Waals surface area contributed by atoms with Gasteiger partial charge in [-0.05, 0) is 74.6 Å². The van der Waals surface area contributed by atoms with Crippen molar-refractivity contribution in [1.29, 1.82) is 0 Å². The van der Waals surface area contributed by atoms with Crippen LogP contribution in [0.3, 0.4) is 0 Å². The van der Waals surface area contributed by atoms with Crippen LogP contribution < -0.4 is 5.32 Å². The molecule has 1 aliphatic heterocycles. The van der Waals surface area contributed by atoms with Crippen LogP contribution in [0.4, 0.5) is 9.18 Å². The molecule has 0 radical (unpaired) electrons. The fraction of sp³-hybridized carbons (Fsp3) is 0.625. The Morgan fingerprint density at radius 3 is 2.43 bits per heavy atom. The van der Waals surface area contributed by atoms with Crippen LogP contribution in [0, 0.1) is 17.7 Å². The standard InChI is InChI=1S/C24H34FN3O2/c1-16(2)17-3-6-20(7-4-17)27-11-9-21(10-12-27)28-22(15-26-24(29)30)14-18-13-19(25)5-8-23(18)28/h5,8,13-14,16-17,20-21,26H,3-4,6-7,9-12,15H2,1-2H3,(H,29,30). The van der Waals surface area contributed by atoms with E-state index in [0.29, 0.717) is 12.1 Å². The number of hydrogen-bond donors (Lipinski definition) is 2. The number of nitrogens with zero attached hydrogens (tertiary/aromatic N) is 2. The van der Waals surface area contributed by atoms with Gasteiger partial charge in [0, 0.05) is 41.8 Å². The van der Waals surface area contributed by atoms with E-state index in [2.05, 4.69) is 28.6 Å². The molecule has 2 N–H and O–H groups in total. The van der Waals surface area contributed by atoms with Gasteiger partial charge in [0.15, 0.2) is 0 Å². The number of aromatic nitrogens is 1. The molecule has 1 aromatic carbocycles. The van der Waals surface area contributed by atoms with Gasteiger partial charge in [0.1, 0.15) is 5.82 Å². The molecule has 0 bridgehead atoms. The minimum Gasteiger partial charge on any atom is -0.465 e. The fourth-order valence-corrected chi connectivity index (χ4v) is 5.64. The van der Waals surface area contributed by atoms with E-state index in [4.69, 9.17) is 5.11 Å². The van der Waals surface area contributed by atoms with E-state index in [1.807, 2.05) is 12.1 Å². The zero-order valence-electron chi connectivity index (χ0n) is 18.1. The maximum atomic E-state index is 13.7. The Bertz CT molecular complexity index is 878. The van der Waals surface area contributed by atoms with E-state index in [-0.39, 0.29) is 12.4 Å². The Morgan fingerprint density at radius 1 is 1.10 bits per heavy atom. The predicted molar refractivity (Wildman–Crippen MR) is 117 cm³/mol. The molecule has 1 saturated carbocycles. The molecule has 164 valence electrons. The second kappa shape index (κ2) is 8.96. The first-order valence-electron chi connectivity index (χ1n) is 11.4. The zero-order valence-corrected chi connectivity index (χ0v) is 18.1. The van der Waals surface area contributed by atoms with E-state index in [0.717, 1.165) is 54.4 Å². The number of carboxylic acid groups (broad SMARTS) is 1. The highest BCUT2D eigenvalue weighted by atomic mass is 19.1. The van der Waals surface area contributed by atoms with Crippen molar-refractivity contribution in [2.45, 2.75) is 71.0 Å². The summed E-state index contributed by atoms with van der Waals surface area (Å²) in [4.78, 5) is 13.7. The number of rotatable bonds is 5. The molecule has 2 fully saturated rings. The zero-order chi connectivity index (χ0) is 21.3. The predicted octanol–water partition coefficient (Wildman–Crippen LogP) is 5.40. The molecule has 4 rings (SSSR count). The molecule has 1 saturated heterocycles. The topological polar surface area (TPSA) is 57.5 Å². The van der Waals surface area contributed by atoms with Gasteiger partial charge in [0.05, 0.1) is 6.54 Å². The van der Waals surface area contributed by atoms with E-state index in [1.165, 1.54) is 31.7 Å². The van der Waals surface area contributed by atoms with Crippen LogP contribution in [-0.2, 0) is 6.54 Å². The molecule has 2 aromatic rings. The van der Waals surface area contributed by atoms with Crippen LogP contribution in [0.15, 0.2) is 24.3 Å². The van der Waals surface area contributed by atoms with E-state index in [1.54, 1.807) is 6.07 Å². The molecule has 0 atom stereocenters. The summed E-state index contributed by atoms with van der Waals surface area (Å²) in [6.45, 7) is 7.09. The smallest absolute Gasteiger partial charge is 0.404 e. The number of likely N-dealkylation sites (tertiary alicyclic amines) is 1. The quantitative estimate of drug-likeness (QED) is 0.687. The van der Waals surface area contributed by atoms with Gasteiger partial charge < -0.3 is 19.9 Å². The van der Waals surface area contributed by atoms with Crippen molar-refractivity contribution in [2.24, 2.45) is 11.8 Å². The van der Waals surface area contributed by atoms with Crippen LogP contribution in [0.2, 0.25) is 0 Å². The van der Waals surface area contributed by atoms with Crippen molar-refractivity contribution in [3.63, 3.8) is 0 Å². The summed E-state index contributed by atoms with van der Waals surface area (Å²) < 4.78 is 16.0. The minimum atomic E-state index is -1.04. The van der Waals surface area contributed by atoms with E-state index < -0.39 is 6.09 Å². The minimum absolute atomic E-state index is 0.241. The summed E-state index contributed by atoms with van der Waals surface area (Å²) in [7, 11) is 0. The maximum Gasteiger partial charge on any atom is 0.404 e. The monoisotopic (exact) mass is 415 g/mol. The molecule has 30 heavy (non-hydrogen) atoms. The summed E-state index contributed by atoms with van der Waals surface area (Å²) in [5, 5.41) is 12.4. The Labute approximate surface area is 178 Å². The van der Waals surface area contributed by atoms with Crippen LogP contribution in [0.25, 0.3) is 10.9 Å². The molecule has 6 heteroatoms. The number of amides is 1. The Kier molecular flexibility index (Phi) is 6.32. The highest BCUT2D eigenvalue weighted by Crippen LogP contribution is 2.36. The molecule has 1 amide bonds. The van der Waals surface area contributed by atoms with Gasteiger partial charge in [-0.15, -0.1) is 0 Å². The lowest BCUT2D eigenvalue weighted by molar-refractivity contribution is 0.0889. The lowest BCUT2D eigenvalue weighted by atomic mass is 9.79. The molecule has 1 aliphatic carbocycles. The van der Waals surface area contributed by atoms with Gasteiger partial charge in [-0.25, -0.2) is 9.18 Å². The van der Waals surface area contributed by atoms with Crippen LogP contribution >= 0.6 is 0 Å². The average molecular weight is 416 g/mol. The van der Waals surface area contributed by atoms with Crippen molar-refractivity contribution < 1.29 is 14.3 Å².